The van der Waals surface area contributed by atoms with Gasteiger partial charge in [0.05, 0.1) is 20.7 Å². The van der Waals surface area contributed by atoms with Crippen molar-refractivity contribution in [1.29, 1.82) is 0 Å². The number of benzene rings is 2. The molecule has 9 heteroatoms. The molecule has 27 heavy (non-hydrogen) atoms. The first kappa shape index (κ1) is 19.8. The number of nitrogens with zero attached hydrogens (tertiary/aromatic N) is 2. The Morgan fingerprint density at radius 1 is 1.26 bits per heavy atom. The topological polar surface area (TPSA) is 68.5 Å². The minimum Gasteiger partial charge on any atom is -0.316 e. The first-order chi connectivity index (χ1) is 12.8. The number of thioether (sulfide) groups is 1. The van der Waals surface area contributed by atoms with E-state index >= 15 is 0 Å². The largest absolute Gasteiger partial charge is 0.316 e. The normalized spacial score (nSPS) is 12.6. The quantitative estimate of drug-likeness (QED) is 0.630. The highest BCUT2D eigenvalue weighted by Gasteiger charge is 2.14. The van der Waals surface area contributed by atoms with Crippen LogP contribution in [0.15, 0.2) is 52.4 Å². The van der Waals surface area contributed by atoms with Gasteiger partial charge in [0.15, 0.2) is 14.6 Å². The maximum atomic E-state index is 13.9. The van der Waals surface area contributed by atoms with Crippen molar-refractivity contribution in [2.45, 2.75) is 11.4 Å². The number of hydrogen-bond donors (Lipinski definition) is 0. The molecule has 2 aromatic carbocycles. The van der Waals surface area contributed by atoms with Crippen molar-refractivity contribution >= 4 is 49.1 Å². The van der Waals surface area contributed by atoms with Gasteiger partial charge in [0.25, 0.3) is 5.91 Å². The van der Waals surface area contributed by atoms with Crippen LogP contribution in [0.4, 0.5) is 4.39 Å². The molecule has 3 aromatic rings. The lowest BCUT2D eigenvalue weighted by molar-refractivity contribution is 0.0994. The molecule has 142 valence electrons. The zero-order chi connectivity index (χ0) is 19.6. The highest BCUT2D eigenvalue weighted by Crippen LogP contribution is 2.22. The number of halogens is 1. The average molecular weight is 425 g/mol. The SMILES string of the molecule is CSCCn1c(=NC(=O)c2ccccc2F)sc2cc(S(C)(=O)=O)ccc21. The second kappa shape index (κ2) is 7.95. The Morgan fingerprint density at radius 2 is 2.00 bits per heavy atom. The molecule has 0 unspecified atom stereocenters. The number of amides is 1. The third kappa shape index (κ3) is 4.31. The molecule has 0 saturated heterocycles. The van der Waals surface area contributed by atoms with Crippen molar-refractivity contribution in [2.75, 3.05) is 18.3 Å². The minimum absolute atomic E-state index is 0.0943. The van der Waals surface area contributed by atoms with Crippen molar-refractivity contribution in [3.05, 3.63) is 58.6 Å². The summed E-state index contributed by atoms with van der Waals surface area (Å²) in [4.78, 5) is 17.2. The molecule has 0 fully saturated rings. The smallest absolute Gasteiger partial charge is 0.282 e. The minimum atomic E-state index is -3.34. The summed E-state index contributed by atoms with van der Waals surface area (Å²) in [5.74, 6) is -0.496. The van der Waals surface area contributed by atoms with Crippen LogP contribution in [-0.2, 0) is 16.4 Å². The first-order valence-corrected chi connectivity index (χ1v) is 12.1. The Hall–Kier alpha value is -1.97. The predicted octanol–water partition coefficient (Wildman–Crippen LogP) is 3.35. The highest BCUT2D eigenvalue weighted by molar-refractivity contribution is 7.98. The summed E-state index contributed by atoms with van der Waals surface area (Å²) in [5.41, 5.74) is 0.699. The predicted molar refractivity (Wildman–Crippen MR) is 108 cm³/mol. The maximum Gasteiger partial charge on any atom is 0.282 e. The number of fused-ring (bicyclic) bond motifs is 1. The molecule has 1 aromatic heterocycles. The van der Waals surface area contributed by atoms with Gasteiger partial charge in [-0.2, -0.15) is 16.8 Å². The zero-order valence-corrected chi connectivity index (χ0v) is 17.1. The third-order valence-electron chi connectivity index (χ3n) is 3.90. The molecular formula is C18H17FN2O3S3. The number of carbonyl (C=O) groups excluding carboxylic acids is 1. The molecule has 1 amide bonds. The van der Waals surface area contributed by atoms with Gasteiger partial charge in [-0.15, -0.1) is 0 Å². The molecule has 0 N–H and O–H groups in total. The lowest BCUT2D eigenvalue weighted by Gasteiger charge is -2.04. The van der Waals surface area contributed by atoms with Crippen LogP contribution in [0.25, 0.3) is 10.2 Å². The monoisotopic (exact) mass is 424 g/mol. The summed E-state index contributed by atoms with van der Waals surface area (Å²) in [6, 6.07) is 10.5. The van der Waals surface area contributed by atoms with Crippen molar-refractivity contribution in [3.8, 4) is 0 Å². The summed E-state index contributed by atoms with van der Waals surface area (Å²) in [6.07, 6.45) is 3.12. The summed E-state index contributed by atoms with van der Waals surface area (Å²) in [6.45, 7) is 0.600. The number of aryl methyl sites for hydroxylation is 1. The molecular weight excluding hydrogens is 407 g/mol. The van der Waals surface area contributed by atoms with Gasteiger partial charge >= 0.3 is 0 Å². The molecule has 0 spiro atoms. The molecule has 3 rings (SSSR count). The molecule has 0 radical (unpaired) electrons. The van der Waals surface area contributed by atoms with E-state index in [1.807, 2.05) is 10.8 Å². The Balaban J connectivity index is 2.18. The molecule has 0 saturated carbocycles. The number of carbonyl (C=O) groups is 1. The Bertz CT molecular complexity index is 1180. The molecule has 0 aliphatic rings. The van der Waals surface area contributed by atoms with Crippen molar-refractivity contribution in [3.63, 3.8) is 0 Å². The van der Waals surface area contributed by atoms with Crippen LogP contribution in [0.5, 0.6) is 0 Å². The van der Waals surface area contributed by atoms with Gasteiger partial charge in [0, 0.05) is 18.6 Å². The number of rotatable bonds is 5. The van der Waals surface area contributed by atoms with Gasteiger partial charge in [0.2, 0.25) is 0 Å². The number of thiazole rings is 1. The highest BCUT2D eigenvalue weighted by atomic mass is 32.2. The average Bonchev–Trinajstić information content (AvgIpc) is 2.95. The van der Waals surface area contributed by atoms with Gasteiger partial charge in [-0.1, -0.05) is 23.5 Å². The van der Waals surface area contributed by atoms with Gasteiger partial charge < -0.3 is 4.57 Å². The van der Waals surface area contributed by atoms with E-state index in [-0.39, 0.29) is 10.5 Å². The van der Waals surface area contributed by atoms with E-state index in [4.69, 9.17) is 0 Å². The standard InChI is InChI=1S/C18H17FN2O3S3/c1-25-10-9-21-15-8-7-12(27(2,23)24)11-16(15)26-18(21)20-17(22)13-5-3-4-6-14(13)19/h3-8,11H,9-10H2,1-2H3. The van der Waals surface area contributed by atoms with Crippen LogP contribution in [0, 0.1) is 5.82 Å². The van der Waals surface area contributed by atoms with Crippen LogP contribution in [0.1, 0.15) is 10.4 Å². The van der Waals surface area contributed by atoms with Gasteiger partial charge in [-0.05, 0) is 36.6 Å². The number of sulfone groups is 1. The summed E-state index contributed by atoms with van der Waals surface area (Å²) >= 11 is 2.86. The first-order valence-electron chi connectivity index (χ1n) is 7.97. The van der Waals surface area contributed by atoms with Crippen LogP contribution in [0.3, 0.4) is 0 Å². The van der Waals surface area contributed by atoms with E-state index in [2.05, 4.69) is 4.99 Å². The van der Waals surface area contributed by atoms with Gasteiger partial charge in [-0.25, -0.2) is 12.8 Å². The van der Waals surface area contributed by atoms with E-state index in [0.717, 1.165) is 17.5 Å². The van der Waals surface area contributed by atoms with E-state index in [0.29, 0.717) is 16.0 Å². The molecule has 0 aliphatic carbocycles. The molecule has 0 bridgehead atoms. The fraction of sp³-hybridized carbons (Fsp3) is 0.222. The van der Waals surface area contributed by atoms with Crippen LogP contribution in [-0.4, -0.2) is 37.2 Å². The number of aromatic nitrogens is 1. The molecule has 0 aliphatic heterocycles. The van der Waals surface area contributed by atoms with Crippen LogP contribution >= 0.6 is 23.1 Å². The van der Waals surface area contributed by atoms with E-state index in [1.165, 1.54) is 29.5 Å². The van der Waals surface area contributed by atoms with Crippen LogP contribution in [0.2, 0.25) is 0 Å². The fourth-order valence-corrected chi connectivity index (χ4v) is 4.73. The second-order valence-electron chi connectivity index (χ2n) is 5.83. The van der Waals surface area contributed by atoms with Crippen molar-refractivity contribution in [2.24, 2.45) is 4.99 Å². The third-order valence-corrected chi connectivity index (χ3v) is 6.65. The molecule has 5 nitrogen and oxygen atoms in total. The van der Waals surface area contributed by atoms with Gasteiger partial charge in [0.1, 0.15) is 5.82 Å². The fourth-order valence-electron chi connectivity index (χ4n) is 2.55. The second-order valence-corrected chi connectivity index (χ2v) is 9.84. The number of hydrogen-bond acceptors (Lipinski definition) is 5. The van der Waals surface area contributed by atoms with Crippen LogP contribution < -0.4 is 4.80 Å². The van der Waals surface area contributed by atoms with E-state index in [1.54, 1.807) is 36.0 Å². The zero-order valence-electron chi connectivity index (χ0n) is 14.7. The Labute approximate surface area is 164 Å². The van der Waals surface area contributed by atoms with E-state index in [9.17, 15) is 17.6 Å². The summed E-state index contributed by atoms with van der Waals surface area (Å²) in [7, 11) is -3.34. The summed E-state index contributed by atoms with van der Waals surface area (Å²) in [5, 5.41) is 0. The van der Waals surface area contributed by atoms with Gasteiger partial charge in [-0.3, -0.25) is 4.79 Å². The summed E-state index contributed by atoms with van der Waals surface area (Å²) < 4.78 is 40.1. The maximum absolute atomic E-state index is 13.9. The Kier molecular flexibility index (Phi) is 5.83. The van der Waals surface area contributed by atoms with Crippen molar-refractivity contribution in [1.82, 2.24) is 4.57 Å². The molecule has 0 atom stereocenters. The van der Waals surface area contributed by atoms with E-state index < -0.39 is 21.6 Å². The molecule has 1 heterocycles. The van der Waals surface area contributed by atoms with Crippen molar-refractivity contribution < 1.29 is 17.6 Å². The lowest BCUT2D eigenvalue weighted by Crippen LogP contribution is -2.18. The Morgan fingerprint density at radius 3 is 2.67 bits per heavy atom. The lowest BCUT2D eigenvalue weighted by atomic mass is 10.2.